The molecule has 0 N–H and O–H groups in total. The summed E-state index contributed by atoms with van der Waals surface area (Å²) in [5, 5.41) is 3.63. The standard InChI is InChI=1S/C14H25FN2O3Si/c1-11-16-20-13(18)17(11)10-12(15)8-7-9-19-21(5,6)14(2,3)4/h8H,7,9-10H2,1-6H3/b12-8+. The monoisotopic (exact) mass is 316 g/mol. The van der Waals surface area contributed by atoms with E-state index in [1.54, 1.807) is 6.92 Å². The lowest BCUT2D eigenvalue weighted by molar-refractivity contribution is 0.293. The molecule has 7 heteroatoms. The summed E-state index contributed by atoms with van der Waals surface area (Å²) >= 11 is 0. The van der Waals surface area contributed by atoms with Crippen LogP contribution in [0.1, 0.15) is 33.0 Å². The van der Waals surface area contributed by atoms with E-state index in [4.69, 9.17) is 4.43 Å². The van der Waals surface area contributed by atoms with Crippen LogP contribution in [0.5, 0.6) is 0 Å². The largest absolute Gasteiger partial charge is 0.441 e. The van der Waals surface area contributed by atoms with Crippen molar-refractivity contribution in [1.82, 2.24) is 9.72 Å². The average molecular weight is 316 g/mol. The fourth-order valence-corrected chi connectivity index (χ4v) is 2.54. The first kappa shape index (κ1) is 17.8. The summed E-state index contributed by atoms with van der Waals surface area (Å²) in [6.45, 7) is 12.7. The summed E-state index contributed by atoms with van der Waals surface area (Å²) in [6.07, 6.45) is 1.93. The lowest BCUT2D eigenvalue weighted by Crippen LogP contribution is -2.40. The molecular formula is C14H25FN2O3Si. The van der Waals surface area contributed by atoms with Gasteiger partial charge in [-0.3, -0.25) is 9.09 Å². The number of rotatable bonds is 6. The maximum Gasteiger partial charge on any atom is 0.441 e. The van der Waals surface area contributed by atoms with Gasteiger partial charge in [-0.15, -0.1) is 0 Å². The van der Waals surface area contributed by atoms with Gasteiger partial charge in [-0.25, -0.2) is 9.18 Å². The third kappa shape index (κ3) is 4.92. The Balaban J connectivity index is 2.49. The first-order chi connectivity index (χ1) is 9.54. The molecule has 1 aromatic rings. The minimum Gasteiger partial charge on any atom is -0.417 e. The van der Waals surface area contributed by atoms with Gasteiger partial charge in [0.2, 0.25) is 0 Å². The van der Waals surface area contributed by atoms with Gasteiger partial charge in [-0.05, 0) is 37.6 Å². The number of nitrogens with zero attached hydrogens (tertiary/aromatic N) is 2. The maximum atomic E-state index is 13.8. The first-order valence-electron chi connectivity index (χ1n) is 7.06. The summed E-state index contributed by atoms with van der Waals surface area (Å²) in [5.41, 5.74) is 0. The summed E-state index contributed by atoms with van der Waals surface area (Å²) in [4.78, 5) is 11.3. The second kappa shape index (κ2) is 6.70. The Morgan fingerprint density at radius 3 is 2.57 bits per heavy atom. The third-order valence-electron chi connectivity index (χ3n) is 3.93. The minimum absolute atomic E-state index is 0.141. The zero-order chi connectivity index (χ0) is 16.3. The summed E-state index contributed by atoms with van der Waals surface area (Å²) in [5.74, 6) is -0.670. The van der Waals surface area contributed by atoms with Gasteiger partial charge in [-0.1, -0.05) is 25.9 Å². The van der Waals surface area contributed by atoms with Crippen LogP contribution in [0.25, 0.3) is 0 Å². The van der Waals surface area contributed by atoms with Gasteiger partial charge >= 0.3 is 5.76 Å². The normalized spacial score (nSPS) is 13.8. The number of hydrogen-bond acceptors (Lipinski definition) is 4. The highest BCUT2D eigenvalue weighted by Crippen LogP contribution is 2.36. The molecule has 120 valence electrons. The second-order valence-electron chi connectivity index (χ2n) is 6.63. The van der Waals surface area contributed by atoms with Gasteiger partial charge in [0.15, 0.2) is 14.1 Å². The minimum atomic E-state index is -1.79. The predicted octanol–water partition coefficient (Wildman–Crippen LogP) is 3.41. The molecule has 0 unspecified atom stereocenters. The molecule has 0 spiro atoms. The van der Waals surface area contributed by atoms with E-state index in [2.05, 4.69) is 43.5 Å². The lowest BCUT2D eigenvalue weighted by atomic mass is 10.2. The average Bonchev–Trinajstić information content (AvgIpc) is 2.65. The van der Waals surface area contributed by atoms with Crippen LogP contribution in [0.3, 0.4) is 0 Å². The van der Waals surface area contributed by atoms with Crippen LogP contribution >= 0.6 is 0 Å². The van der Waals surface area contributed by atoms with Gasteiger partial charge < -0.3 is 4.43 Å². The predicted molar refractivity (Wildman–Crippen MR) is 82.5 cm³/mol. The summed E-state index contributed by atoms with van der Waals surface area (Å²) in [7, 11) is -1.79. The van der Waals surface area contributed by atoms with Crippen LogP contribution < -0.4 is 5.76 Å². The molecule has 1 heterocycles. The summed E-state index contributed by atoms with van der Waals surface area (Å²) < 4.78 is 25.3. The van der Waals surface area contributed by atoms with Gasteiger partial charge in [-0.2, -0.15) is 0 Å². The molecule has 5 nitrogen and oxygen atoms in total. The number of halogens is 1. The van der Waals surface area contributed by atoms with Crippen LogP contribution in [0.4, 0.5) is 4.39 Å². The summed E-state index contributed by atoms with van der Waals surface area (Å²) in [6, 6.07) is 0. The molecule has 0 saturated heterocycles. The van der Waals surface area contributed by atoms with Crippen molar-refractivity contribution in [2.24, 2.45) is 0 Å². The van der Waals surface area contributed by atoms with E-state index in [-0.39, 0.29) is 17.4 Å². The van der Waals surface area contributed by atoms with Crippen LogP contribution in [0.2, 0.25) is 18.1 Å². The van der Waals surface area contributed by atoms with E-state index >= 15 is 0 Å². The SMILES string of the molecule is Cc1noc(=O)n1C/C(F)=C\CCO[Si](C)(C)C(C)(C)C. The van der Waals surface area contributed by atoms with Crippen LogP contribution in [0.15, 0.2) is 21.2 Å². The number of hydrogen-bond donors (Lipinski definition) is 0. The van der Waals surface area contributed by atoms with Gasteiger partial charge in [0.1, 0.15) is 5.83 Å². The van der Waals surface area contributed by atoms with Crippen molar-refractivity contribution in [3.05, 3.63) is 28.3 Å². The fourth-order valence-electron chi connectivity index (χ4n) is 1.48. The Bertz CT molecular complexity index is 555. The molecule has 0 aromatic carbocycles. The van der Waals surface area contributed by atoms with E-state index in [1.165, 1.54) is 6.08 Å². The molecule has 0 aliphatic rings. The highest BCUT2D eigenvalue weighted by Gasteiger charge is 2.36. The molecule has 0 radical (unpaired) electrons. The van der Waals surface area contributed by atoms with Gasteiger partial charge in [0.25, 0.3) is 0 Å². The van der Waals surface area contributed by atoms with Crippen molar-refractivity contribution in [3.63, 3.8) is 0 Å². The molecule has 0 fully saturated rings. The number of aromatic nitrogens is 2. The molecule has 1 aromatic heterocycles. The third-order valence-corrected chi connectivity index (χ3v) is 8.47. The first-order valence-corrected chi connectivity index (χ1v) is 9.97. The highest BCUT2D eigenvalue weighted by atomic mass is 28.4. The topological polar surface area (TPSA) is 57.3 Å². The van der Waals surface area contributed by atoms with Gasteiger partial charge in [0.05, 0.1) is 6.54 Å². The Morgan fingerprint density at radius 2 is 2.10 bits per heavy atom. The Morgan fingerprint density at radius 1 is 1.48 bits per heavy atom. The van der Waals surface area contributed by atoms with Crippen LogP contribution in [-0.4, -0.2) is 24.6 Å². The zero-order valence-corrected chi connectivity index (χ0v) is 14.7. The van der Waals surface area contributed by atoms with Crippen LogP contribution in [-0.2, 0) is 11.0 Å². The number of allylic oxidation sites excluding steroid dienone is 1. The Hall–Kier alpha value is -1.21. The van der Waals surface area contributed by atoms with Crippen LogP contribution in [0, 0.1) is 6.92 Å². The van der Waals surface area contributed by atoms with Crippen molar-refractivity contribution >= 4 is 8.32 Å². The van der Waals surface area contributed by atoms with Crippen molar-refractivity contribution in [1.29, 1.82) is 0 Å². The zero-order valence-electron chi connectivity index (χ0n) is 13.7. The molecule has 0 atom stereocenters. The molecule has 0 aliphatic carbocycles. The molecule has 0 saturated carbocycles. The Labute approximate surface area is 125 Å². The highest BCUT2D eigenvalue weighted by molar-refractivity contribution is 6.74. The molecule has 21 heavy (non-hydrogen) atoms. The van der Waals surface area contributed by atoms with E-state index in [1.807, 2.05) is 0 Å². The molecule has 0 amide bonds. The second-order valence-corrected chi connectivity index (χ2v) is 11.4. The molecule has 0 bridgehead atoms. The number of aryl methyl sites for hydroxylation is 1. The molecule has 1 rings (SSSR count). The smallest absolute Gasteiger partial charge is 0.417 e. The lowest BCUT2D eigenvalue weighted by Gasteiger charge is -2.36. The van der Waals surface area contributed by atoms with Gasteiger partial charge in [0, 0.05) is 6.61 Å². The maximum absolute atomic E-state index is 13.8. The fraction of sp³-hybridized carbons (Fsp3) is 0.714. The van der Waals surface area contributed by atoms with E-state index < -0.39 is 14.1 Å². The van der Waals surface area contributed by atoms with Crippen molar-refractivity contribution in [2.45, 2.75) is 58.8 Å². The Kier molecular flexibility index (Phi) is 5.69. The van der Waals surface area contributed by atoms with Crippen molar-refractivity contribution in [2.75, 3.05) is 6.61 Å². The van der Waals surface area contributed by atoms with E-state index in [9.17, 15) is 9.18 Å². The van der Waals surface area contributed by atoms with Crippen molar-refractivity contribution in [3.8, 4) is 0 Å². The van der Waals surface area contributed by atoms with Crippen molar-refractivity contribution < 1.29 is 13.3 Å². The van der Waals surface area contributed by atoms with E-state index in [0.29, 0.717) is 18.9 Å². The molecular weight excluding hydrogens is 291 g/mol. The van der Waals surface area contributed by atoms with E-state index in [0.717, 1.165) is 4.57 Å². The molecule has 0 aliphatic heterocycles. The quantitative estimate of drug-likeness (QED) is 0.596.